The second-order valence-corrected chi connectivity index (χ2v) is 6.33. The van der Waals surface area contributed by atoms with Crippen LogP contribution in [0.25, 0.3) is 0 Å². The first-order valence-electron chi connectivity index (χ1n) is 7.43. The molecule has 2 aliphatic heterocycles. The van der Waals surface area contributed by atoms with Crippen LogP contribution in [0.4, 0.5) is 11.5 Å². The third kappa shape index (κ3) is 1.76. The number of nitrogens with one attached hydrogen (secondary N) is 1. The molecule has 2 fully saturated rings. The summed E-state index contributed by atoms with van der Waals surface area (Å²) in [7, 11) is 2.09. The summed E-state index contributed by atoms with van der Waals surface area (Å²) in [5.41, 5.74) is 1.70. The van der Waals surface area contributed by atoms with E-state index >= 15 is 0 Å². The topological polar surface area (TPSA) is 48.5 Å². The second-order valence-electron chi connectivity index (χ2n) is 6.33. The Hall–Kier alpha value is -1.78. The van der Waals surface area contributed by atoms with Crippen LogP contribution in [0.2, 0.25) is 0 Å². The molecule has 1 amide bonds. The van der Waals surface area contributed by atoms with E-state index in [1.165, 1.54) is 6.42 Å². The van der Waals surface area contributed by atoms with Gasteiger partial charge in [0.1, 0.15) is 5.69 Å². The molecule has 4 rings (SSSR count). The Kier molecular flexibility index (Phi) is 2.46. The first kappa shape index (κ1) is 12.0. The number of aromatic nitrogens is 1. The first-order valence-corrected chi connectivity index (χ1v) is 7.43. The Balaban J connectivity index is 1.62. The predicted octanol–water partition coefficient (Wildman–Crippen LogP) is 1.25. The van der Waals surface area contributed by atoms with Crippen LogP contribution in [0.3, 0.4) is 0 Å². The smallest absolute Gasteiger partial charge is 0.270 e. The zero-order valence-corrected chi connectivity index (χ0v) is 12.0. The number of rotatable bonds is 2. The average molecular weight is 272 g/mol. The Morgan fingerprint density at radius 1 is 1.45 bits per heavy atom. The molecule has 1 N–H and O–H groups in total. The van der Waals surface area contributed by atoms with Gasteiger partial charge in [-0.25, -0.2) is 4.98 Å². The lowest BCUT2D eigenvalue weighted by molar-refractivity contribution is 0.0944. The van der Waals surface area contributed by atoms with E-state index in [9.17, 15) is 4.79 Å². The summed E-state index contributed by atoms with van der Waals surface area (Å²) >= 11 is 0. The van der Waals surface area contributed by atoms with E-state index in [1.54, 1.807) is 0 Å². The molecule has 1 aromatic rings. The minimum absolute atomic E-state index is 0.0385. The quantitative estimate of drug-likeness (QED) is 0.880. The van der Waals surface area contributed by atoms with E-state index < -0.39 is 0 Å². The molecule has 0 aromatic carbocycles. The van der Waals surface area contributed by atoms with Crippen molar-refractivity contribution in [1.29, 1.82) is 0 Å². The van der Waals surface area contributed by atoms with Gasteiger partial charge in [0.2, 0.25) is 0 Å². The van der Waals surface area contributed by atoms with E-state index in [-0.39, 0.29) is 5.91 Å². The molecular weight excluding hydrogens is 252 g/mol. The first-order chi connectivity index (χ1) is 9.63. The molecule has 3 unspecified atom stereocenters. The average Bonchev–Trinajstić information content (AvgIpc) is 2.98. The van der Waals surface area contributed by atoms with Crippen molar-refractivity contribution in [3.05, 3.63) is 17.8 Å². The van der Waals surface area contributed by atoms with E-state index in [0.29, 0.717) is 23.7 Å². The van der Waals surface area contributed by atoms with Gasteiger partial charge in [-0.05, 0) is 30.9 Å². The molecule has 1 saturated heterocycles. The van der Waals surface area contributed by atoms with Crippen LogP contribution in [-0.4, -0.2) is 43.1 Å². The fourth-order valence-corrected chi connectivity index (χ4v) is 3.29. The van der Waals surface area contributed by atoms with E-state index in [4.69, 9.17) is 0 Å². The second kappa shape index (κ2) is 4.11. The number of hydrogen-bond acceptors (Lipinski definition) is 4. The minimum Gasteiger partial charge on any atom is -0.366 e. The van der Waals surface area contributed by atoms with Gasteiger partial charge in [-0.1, -0.05) is 6.92 Å². The monoisotopic (exact) mass is 272 g/mol. The number of carbonyl (C=O) groups excluding carboxylic acids is 1. The maximum absolute atomic E-state index is 12.2. The van der Waals surface area contributed by atoms with E-state index in [0.717, 1.165) is 31.0 Å². The highest BCUT2D eigenvalue weighted by molar-refractivity contribution is 5.94. The summed E-state index contributed by atoms with van der Waals surface area (Å²) in [6.07, 6.45) is 2.26. The van der Waals surface area contributed by atoms with Gasteiger partial charge in [0.05, 0.1) is 5.69 Å². The van der Waals surface area contributed by atoms with Gasteiger partial charge >= 0.3 is 0 Å². The van der Waals surface area contributed by atoms with Crippen molar-refractivity contribution in [2.24, 2.45) is 5.92 Å². The fourth-order valence-electron chi connectivity index (χ4n) is 3.29. The zero-order chi connectivity index (χ0) is 13.9. The lowest BCUT2D eigenvalue weighted by Gasteiger charge is -2.34. The molecule has 2 bridgehead atoms. The van der Waals surface area contributed by atoms with Crippen molar-refractivity contribution in [2.75, 3.05) is 29.9 Å². The molecule has 20 heavy (non-hydrogen) atoms. The van der Waals surface area contributed by atoms with Crippen molar-refractivity contribution in [3.63, 3.8) is 0 Å². The van der Waals surface area contributed by atoms with Gasteiger partial charge in [0, 0.05) is 32.2 Å². The molecule has 5 heteroatoms. The van der Waals surface area contributed by atoms with E-state index in [1.807, 2.05) is 12.1 Å². The third-order valence-corrected chi connectivity index (χ3v) is 4.90. The Labute approximate surface area is 119 Å². The van der Waals surface area contributed by atoms with E-state index in [2.05, 4.69) is 34.1 Å². The van der Waals surface area contributed by atoms with Crippen LogP contribution < -0.4 is 15.1 Å². The number of hydrogen-bond donors (Lipinski definition) is 1. The van der Waals surface area contributed by atoms with Crippen LogP contribution in [0, 0.1) is 5.92 Å². The Morgan fingerprint density at radius 3 is 3.00 bits per heavy atom. The standard InChI is InChI=1S/C15H20N4O/c1-9-7-12(9)17-15(20)11-3-4-13-14(16-11)18(2)10-5-6-19(13)8-10/h3-4,9-10,12H,5-8H2,1-2H3,(H,17,20). The largest absolute Gasteiger partial charge is 0.366 e. The van der Waals surface area contributed by atoms with Crippen molar-refractivity contribution < 1.29 is 4.79 Å². The summed E-state index contributed by atoms with van der Waals surface area (Å²) in [5.74, 6) is 1.53. The highest BCUT2D eigenvalue weighted by atomic mass is 16.2. The molecule has 0 radical (unpaired) electrons. The van der Waals surface area contributed by atoms with Gasteiger partial charge < -0.3 is 15.1 Å². The lowest BCUT2D eigenvalue weighted by Crippen LogP contribution is -2.40. The summed E-state index contributed by atoms with van der Waals surface area (Å²) in [6, 6.07) is 4.79. The summed E-state index contributed by atoms with van der Waals surface area (Å²) < 4.78 is 0. The van der Waals surface area contributed by atoms with Crippen molar-refractivity contribution in [3.8, 4) is 0 Å². The van der Waals surface area contributed by atoms with Crippen LogP contribution in [0.15, 0.2) is 12.1 Å². The molecule has 1 aromatic heterocycles. The van der Waals surface area contributed by atoms with Crippen molar-refractivity contribution in [1.82, 2.24) is 10.3 Å². The van der Waals surface area contributed by atoms with Crippen molar-refractivity contribution in [2.45, 2.75) is 31.8 Å². The summed E-state index contributed by atoms with van der Waals surface area (Å²) in [5, 5.41) is 3.05. The number of amides is 1. The van der Waals surface area contributed by atoms with Crippen LogP contribution in [0.1, 0.15) is 30.3 Å². The van der Waals surface area contributed by atoms with Crippen molar-refractivity contribution >= 4 is 17.4 Å². The molecule has 106 valence electrons. The number of nitrogens with zero attached hydrogens (tertiary/aromatic N) is 3. The van der Waals surface area contributed by atoms with Gasteiger partial charge in [-0.3, -0.25) is 4.79 Å². The number of likely N-dealkylation sites (N-methyl/N-ethyl adjacent to an activating group) is 1. The number of carbonyl (C=O) groups is 1. The normalized spacial score (nSPS) is 30.2. The van der Waals surface area contributed by atoms with Crippen LogP contribution in [-0.2, 0) is 0 Å². The number of anilines is 2. The SMILES string of the molecule is CC1CC1NC(=O)c1ccc2c(n1)N(C)C1CCN2C1. The zero-order valence-electron chi connectivity index (χ0n) is 12.0. The summed E-state index contributed by atoms with van der Waals surface area (Å²) in [6.45, 7) is 4.33. The third-order valence-electron chi connectivity index (χ3n) is 4.90. The van der Waals surface area contributed by atoms with Crippen LogP contribution in [0.5, 0.6) is 0 Å². The summed E-state index contributed by atoms with van der Waals surface area (Å²) in [4.78, 5) is 21.4. The lowest BCUT2D eigenvalue weighted by atomic mass is 10.2. The molecule has 3 atom stereocenters. The number of fused-ring (bicyclic) bond motifs is 4. The number of pyridine rings is 1. The Bertz CT molecular complexity index is 573. The predicted molar refractivity (Wildman–Crippen MR) is 78.3 cm³/mol. The molecule has 3 aliphatic rings. The minimum atomic E-state index is -0.0385. The maximum atomic E-state index is 12.2. The van der Waals surface area contributed by atoms with Gasteiger partial charge in [0.25, 0.3) is 5.91 Å². The van der Waals surface area contributed by atoms with Crippen LogP contribution >= 0.6 is 0 Å². The highest BCUT2D eigenvalue weighted by Gasteiger charge is 2.36. The molecule has 5 nitrogen and oxygen atoms in total. The molecule has 3 heterocycles. The highest BCUT2D eigenvalue weighted by Crippen LogP contribution is 2.37. The molecule has 1 aliphatic carbocycles. The van der Waals surface area contributed by atoms with Gasteiger partial charge in [0.15, 0.2) is 5.82 Å². The molecular formula is C15H20N4O. The molecule has 0 spiro atoms. The molecule has 1 saturated carbocycles. The maximum Gasteiger partial charge on any atom is 0.270 e. The van der Waals surface area contributed by atoms with Gasteiger partial charge in [-0.15, -0.1) is 0 Å². The van der Waals surface area contributed by atoms with Gasteiger partial charge in [-0.2, -0.15) is 0 Å². The Morgan fingerprint density at radius 2 is 2.25 bits per heavy atom. The fraction of sp³-hybridized carbons (Fsp3) is 0.600.